The molecule has 3 N–H and O–H groups in total. The summed E-state index contributed by atoms with van der Waals surface area (Å²) in [6, 6.07) is 6.03. The van der Waals surface area contributed by atoms with E-state index in [0.717, 1.165) is 5.70 Å². The third kappa shape index (κ3) is 2.34. The first-order valence-corrected chi connectivity index (χ1v) is 8.33. The minimum Gasteiger partial charge on any atom is -0.504 e. The van der Waals surface area contributed by atoms with Crippen molar-refractivity contribution in [3.8, 4) is 17.6 Å². The van der Waals surface area contributed by atoms with Gasteiger partial charge in [0.1, 0.15) is 23.5 Å². The summed E-state index contributed by atoms with van der Waals surface area (Å²) < 4.78 is 1.60. The fourth-order valence-electron chi connectivity index (χ4n) is 3.81. The molecule has 1 atom stereocenters. The van der Waals surface area contributed by atoms with Crippen molar-refractivity contribution in [3.05, 3.63) is 46.8 Å². The van der Waals surface area contributed by atoms with Gasteiger partial charge in [-0.2, -0.15) is 10.4 Å². The molecule has 2 aromatic rings. The van der Waals surface area contributed by atoms with Crippen molar-refractivity contribution >= 4 is 11.6 Å². The Morgan fingerprint density at radius 1 is 1.31 bits per heavy atom. The number of nitrogens with zero attached hydrogens (tertiary/aromatic N) is 3. The Hall–Kier alpha value is -3.27. The molecule has 0 radical (unpaired) electrons. The molecule has 0 fully saturated rings. The zero-order valence-corrected chi connectivity index (χ0v) is 14.4. The van der Waals surface area contributed by atoms with Crippen LogP contribution in [0, 0.1) is 16.7 Å². The van der Waals surface area contributed by atoms with Crippen LogP contribution >= 0.6 is 0 Å². The lowest BCUT2D eigenvalue weighted by Gasteiger charge is -2.38. The standard InChI is InChI=1S/C19H18N4O3/c1-19(2)6-12-16(15(26)7-19)17(10-3-4-13(24)14(25)5-10)23-18(22-12)11(8-20)9-21-23/h3-5,9,17,22,24-25H,6-7H2,1-2H3/t17-/m0/s1. The Balaban J connectivity index is 1.95. The molecule has 0 unspecified atom stereocenters. The highest BCUT2D eigenvalue weighted by Gasteiger charge is 2.41. The highest BCUT2D eigenvalue weighted by molar-refractivity contribution is 6.00. The highest BCUT2D eigenvalue weighted by atomic mass is 16.3. The second kappa shape index (κ2) is 5.36. The number of fused-ring (bicyclic) bond motifs is 1. The van der Waals surface area contributed by atoms with Crippen LogP contribution in [-0.4, -0.2) is 25.8 Å². The normalized spacial score (nSPS) is 20.8. The molecule has 4 rings (SSSR count). The van der Waals surface area contributed by atoms with E-state index in [1.807, 2.05) is 13.8 Å². The zero-order chi connectivity index (χ0) is 18.6. The molecule has 0 amide bonds. The summed E-state index contributed by atoms with van der Waals surface area (Å²) in [6.45, 7) is 4.07. The van der Waals surface area contributed by atoms with Crippen LogP contribution in [-0.2, 0) is 4.79 Å². The number of carbonyl (C=O) groups is 1. The third-order valence-electron chi connectivity index (χ3n) is 4.94. The van der Waals surface area contributed by atoms with Crippen LogP contribution in [0.4, 0.5) is 5.82 Å². The number of nitriles is 1. The minimum absolute atomic E-state index is 0.0148. The maximum Gasteiger partial charge on any atom is 0.163 e. The maximum atomic E-state index is 13.0. The number of phenols is 2. The van der Waals surface area contributed by atoms with Gasteiger partial charge in [-0.05, 0) is 29.5 Å². The quantitative estimate of drug-likeness (QED) is 0.682. The molecule has 7 nitrogen and oxygen atoms in total. The number of benzene rings is 1. The smallest absolute Gasteiger partial charge is 0.163 e. The Morgan fingerprint density at radius 2 is 2.08 bits per heavy atom. The first kappa shape index (κ1) is 16.2. The van der Waals surface area contributed by atoms with Gasteiger partial charge in [-0.15, -0.1) is 0 Å². The predicted octanol–water partition coefficient (Wildman–Crippen LogP) is 2.82. The molecule has 2 aliphatic rings. The van der Waals surface area contributed by atoms with Crippen LogP contribution in [0.15, 0.2) is 35.7 Å². The number of carbonyl (C=O) groups excluding carboxylic acids is 1. The Morgan fingerprint density at radius 3 is 2.77 bits per heavy atom. The maximum absolute atomic E-state index is 13.0. The molecule has 1 aliphatic heterocycles. The number of ketones is 1. The average molecular weight is 350 g/mol. The van der Waals surface area contributed by atoms with E-state index in [4.69, 9.17) is 0 Å². The zero-order valence-electron chi connectivity index (χ0n) is 14.4. The number of anilines is 1. The summed E-state index contributed by atoms with van der Waals surface area (Å²) >= 11 is 0. The Bertz CT molecular complexity index is 1010. The molecule has 0 bridgehead atoms. The van der Waals surface area contributed by atoms with Gasteiger partial charge in [-0.3, -0.25) is 4.79 Å². The van der Waals surface area contributed by atoms with Gasteiger partial charge in [0.2, 0.25) is 0 Å². The molecule has 1 aromatic carbocycles. The van der Waals surface area contributed by atoms with Crippen LogP contribution in [0.3, 0.4) is 0 Å². The van der Waals surface area contributed by atoms with Gasteiger partial charge in [-0.1, -0.05) is 19.9 Å². The Labute approximate surface area is 150 Å². The largest absolute Gasteiger partial charge is 0.504 e. The van der Waals surface area contributed by atoms with Crippen molar-refractivity contribution in [2.24, 2.45) is 5.41 Å². The van der Waals surface area contributed by atoms with Gasteiger partial charge >= 0.3 is 0 Å². The highest BCUT2D eigenvalue weighted by Crippen LogP contribution is 2.46. The molecule has 2 heterocycles. The van der Waals surface area contributed by atoms with E-state index in [9.17, 15) is 20.3 Å². The van der Waals surface area contributed by atoms with Gasteiger partial charge in [0, 0.05) is 17.7 Å². The third-order valence-corrected chi connectivity index (χ3v) is 4.94. The monoisotopic (exact) mass is 350 g/mol. The molecule has 0 saturated heterocycles. The number of rotatable bonds is 1. The summed E-state index contributed by atoms with van der Waals surface area (Å²) in [5, 5.41) is 36.5. The number of hydrogen-bond acceptors (Lipinski definition) is 6. The second-order valence-electron chi connectivity index (χ2n) is 7.57. The summed E-state index contributed by atoms with van der Waals surface area (Å²) in [6.07, 6.45) is 2.55. The van der Waals surface area contributed by atoms with Crippen LogP contribution in [0.25, 0.3) is 0 Å². The van der Waals surface area contributed by atoms with Crippen molar-refractivity contribution in [3.63, 3.8) is 0 Å². The van der Waals surface area contributed by atoms with E-state index in [2.05, 4.69) is 16.5 Å². The van der Waals surface area contributed by atoms with Crippen molar-refractivity contribution in [2.45, 2.75) is 32.7 Å². The van der Waals surface area contributed by atoms with E-state index in [1.54, 1.807) is 10.7 Å². The van der Waals surface area contributed by atoms with Crippen LogP contribution < -0.4 is 5.32 Å². The van der Waals surface area contributed by atoms with Gasteiger partial charge < -0.3 is 15.5 Å². The second-order valence-corrected chi connectivity index (χ2v) is 7.57. The molecule has 7 heteroatoms. The van der Waals surface area contributed by atoms with E-state index >= 15 is 0 Å². The summed E-state index contributed by atoms with van der Waals surface area (Å²) in [5.74, 6) is 0.0580. The predicted molar refractivity (Wildman–Crippen MR) is 93.5 cm³/mol. The van der Waals surface area contributed by atoms with E-state index in [1.165, 1.54) is 18.3 Å². The lowest BCUT2D eigenvalue weighted by Crippen LogP contribution is -2.36. The van der Waals surface area contributed by atoms with E-state index in [0.29, 0.717) is 35.4 Å². The average Bonchev–Trinajstić information content (AvgIpc) is 2.97. The van der Waals surface area contributed by atoms with Crippen LogP contribution in [0.5, 0.6) is 11.5 Å². The number of nitrogens with one attached hydrogen (secondary N) is 1. The van der Waals surface area contributed by atoms with Crippen LogP contribution in [0.2, 0.25) is 0 Å². The molecular weight excluding hydrogens is 332 g/mol. The lowest BCUT2D eigenvalue weighted by molar-refractivity contribution is -0.118. The first-order chi connectivity index (χ1) is 12.3. The lowest BCUT2D eigenvalue weighted by atomic mass is 9.73. The molecule has 0 saturated carbocycles. The fraction of sp³-hybridized carbons (Fsp3) is 0.316. The number of allylic oxidation sites excluding steroid dienone is 2. The fourth-order valence-corrected chi connectivity index (χ4v) is 3.81. The summed E-state index contributed by atoms with van der Waals surface area (Å²) in [4.78, 5) is 13.0. The molecule has 1 aromatic heterocycles. The Kier molecular flexibility index (Phi) is 3.34. The molecule has 1 aliphatic carbocycles. The van der Waals surface area contributed by atoms with Gasteiger partial charge in [0.15, 0.2) is 17.3 Å². The summed E-state index contributed by atoms with van der Waals surface area (Å²) in [7, 11) is 0. The topological polar surface area (TPSA) is 111 Å². The van der Waals surface area contributed by atoms with Crippen molar-refractivity contribution in [1.29, 1.82) is 5.26 Å². The van der Waals surface area contributed by atoms with Gasteiger partial charge in [0.25, 0.3) is 0 Å². The molecule has 26 heavy (non-hydrogen) atoms. The number of hydrogen-bond donors (Lipinski definition) is 3. The number of aromatic hydroxyl groups is 2. The number of Topliss-reactive ketones (excluding diaryl/α,β-unsaturated/α-hetero) is 1. The molecule has 0 spiro atoms. The van der Waals surface area contributed by atoms with Crippen molar-refractivity contribution in [2.75, 3.05) is 5.32 Å². The number of aromatic nitrogens is 2. The summed E-state index contributed by atoms with van der Waals surface area (Å²) in [5.41, 5.74) is 2.21. The van der Waals surface area contributed by atoms with E-state index < -0.39 is 6.04 Å². The van der Waals surface area contributed by atoms with E-state index in [-0.39, 0.29) is 22.7 Å². The van der Waals surface area contributed by atoms with Crippen molar-refractivity contribution < 1.29 is 15.0 Å². The number of phenolic OH excluding ortho intramolecular Hbond substituents is 2. The minimum atomic E-state index is -0.557. The molecular formula is C19H18N4O3. The van der Waals surface area contributed by atoms with Crippen molar-refractivity contribution in [1.82, 2.24) is 9.78 Å². The van der Waals surface area contributed by atoms with Gasteiger partial charge in [-0.25, -0.2) is 4.68 Å². The molecule has 132 valence electrons. The van der Waals surface area contributed by atoms with Crippen LogP contribution in [0.1, 0.15) is 43.9 Å². The van der Waals surface area contributed by atoms with Gasteiger partial charge in [0.05, 0.1) is 6.20 Å². The first-order valence-electron chi connectivity index (χ1n) is 8.33. The SMILES string of the molecule is CC1(C)CC(=O)C2=C(C1)Nc1c(C#N)cnn1[C@H]2c1ccc(O)c(O)c1.